The molecule has 0 aliphatic heterocycles. The molecule has 0 radical (unpaired) electrons. The number of ether oxygens (including phenoxy) is 2. The molecule has 0 saturated heterocycles. The molecule has 0 spiro atoms. The highest BCUT2D eigenvalue weighted by atomic mass is 31.2. The van der Waals surface area contributed by atoms with E-state index in [1.165, 1.54) is 25.7 Å². The third-order valence-corrected chi connectivity index (χ3v) is 8.07. The number of rotatable bonds is 32. The molecular formula is C39H65O8P. The Hall–Kier alpha value is -2.51. The van der Waals surface area contributed by atoms with Gasteiger partial charge < -0.3 is 14.4 Å². The number of carbonyl (C=O) groups excluding carboxylic acids is 2. The van der Waals surface area contributed by atoms with Gasteiger partial charge in [0.15, 0.2) is 6.10 Å². The minimum atomic E-state index is -4.30. The fourth-order valence-corrected chi connectivity index (χ4v) is 5.13. The van der Waals surface area contributed by atoms with E-state index in [1.807, 2.05) is 12.2 Å². The highest BCUT2D eigenvalue weighted by Gasteiger charge is 2.25. The van der Waals surface area contributed by atoms with Crippen LogP contribution in [0, 0.1) is 0 Å². The predicted molar refractivity (Wildman–Crippen MR) is 198 cm³/mol. The third kappa shape index (κ3) is 33.4. The van der Waals surface area contributed by atoms with Gasteiger partial charge in [-0.05, 0) is 77.6 Å². The molecule has 0 aromatic rings. The molecule has 8 nitrogen and oxygen atoms in total. The SMILES string of the molecule is CC/C=C\C/C=C\C/C=C\C/C=C\CCC(=O)OC(COC(=O)CCCCCCC/C=C\C/C=C\CCCCC)COP(=O)(O)OCC. The second-order valence-corrected chi connectivity index (χ2v) is 13.0. The van der Waals surface area contributed by atoms with Crippen LogP contribution in [0.25, 0.3) is 0 Å². The van der Waals surface area contributed by atoms with E-state index in [9.17, 15) is 19.0 Å². The highest BCUT2D eigenvalue weighted by molar-refractivity contribution is 7.47. The fraction of sp³-hybridized carbons (Fsp3) is 0.641. The standard InChI is InChI=1S/C39H65O8P/c1-4-7-9-11-13-15-17-19-20-22-23-25-27-29-31-33-38(40)44-35-37(36-46-48(42,43)45-6-3)47-39(41)34-32-30-28-26-24-21-18-16-14-12-10-8-5-2/h8,10,13-16,19-21,24,28,30,37H,4-7,9,11-12,17-18,22-23,25-27,29,31-36H2,1-3H3,(H,42,43)/b10-8-,15-13-,16-14-,20-19-,24-21-,30-28-. The first-order valence-corrected chi connectivity index (χ1v) is 19.7. The van der Waals surface area contributed by atoms with Gasteiger partial charge in [-0.25, -0.2) is 4.57 Å². The summed E-state index contributed by atoms with van der Waals surface area (Å²) in [4.78, 5) is 34.5. The predicted octanol–water partition coefficient (Wildman–Crippen LogP) is 11.0. The number of allylic oxidation sites excluding steroid dienone is 12. The number of unbranched alkanes of at least 4 members (excludes halogenated alkanes) is 8. The highest BCUT2D eigenvalue weighted by Crippen LogP contribution is 2.43. The molecular weight excluding hydrogens is 627 g/mol. The Balaban J connectivity index is 4.32. The zero-order valence-corrected chi connectivity index (χ0v) is 31.0. The minimum Gasteiger partial charge on any atom is -0.462 e. The monoisotopic (exact) mass is 692 g/mol. The molecule has 0 amide bonds. The van der Waals surface area contributed by atoms with Gasteiger partial charge in [0.1, 0.15) is 6.61 Å². The molecule has 2 unspecified atom stereocenters. The van der Waals surface area contributed by atoms with Crippen LogP contribution in [0.15, 0.2) is 72.9 Å². The van der Waals surface area contributed by atoms with Gasteiger partial charge in [-0.2, -0.15) is 0 Å². The van der Waals surface area contributed by atoms with Crippen molar-refractivity contribution in [2.24, 2.45) is 0 Å². The van der Waals surface area contributed by atoms with Crippen LogP contribution in [0.2, 0.25) is 0 Å². The van der Waals surface area contributed by atoms with Crippen LogP contribution in [0.5, 0.6) is 0 Å². The minimum absolute atomic E-state index is 0.0182. The van der Waals surface area contributed by atoms with Crippen molar-refractivity contribution in [2.75, 3.05) is 19.8 Å². The summed E-state index contributed by atoms with van der Waals surface area (Å²) in [6.45, 7) is 5.19. The number of esters is 2. The smallest absolute Gasteiger partial charge is 0.462 e. The lowest BCUT2D eigenvalue weighted by atomic mass is 10.1. The zero-order chi connectivity index (χ0) is 35.4. The van der Waals surface area contributed by atoms with E-state index in [1.54, 1.807) is 6.92 Å². The molecule has 48 heavy (non-hydrogen) atoms. The van der Waals surface area contributed by atoms with Crippen LogP contribution < -0.4 is 0 Å². The molecule has 0 aromatic carbocycles. The van der Waals surface area contributed by atoms with Crippen LogP contribution in [-0.2, 0) is 32.7 Å². The molecule has 0 aliphatic carbocycles. The lowest BCUT2D eigenvalue weighted by molar-refractivity contribution is -0.161. The van der Waals surface area contributed by atoms with E-state index >= 15 is 0 Å². The molecule has 0 rings (SSSR count). The Morgan fingerprint density at radius 3 is 1.69 bits per heavy atom. The van der Waals surface area contributed by atoms with Crippen molar-refractivity contribution in [3.05, 3.63) is 72.9 Å². The van der Waals surface area contributed by atoms with E-state index in [2.05, 4.69) is 74.6 Å². The van der Waals surface area contributed by atoms with Gasteiger partial charge in [-0.3, -0.25) is 18.6 Å². The van der Waals surface area contributed by atoms with E-state index < -0.39 is 32.5 Å². The zero-order valence-electron chi connectivity index (χ0n) is 30.1. The molecule has 1 N–H and O–H groups in total. The quantitative estimate of drug-likeness (QED) is 0.0321. The summed E-state index contributed by atoms with van der Waals surface area (Å²) in [6.07, 6.45) is 41.1. The normalized spacial score (nSPS) is 14.3. The summed E-state index contributed by atoms with van der Waals surface area (Å²) < 4.78 is 32.4. The molecule has 9 heteroatoms. The average Bonchev–Trinajstić information content (AvgIpc) is 3.06. The van der Waals surface area contributed by atoms with E-state index in [0.717, 1.165) is 64.2 Å². The molecule has 0 bridgehead atoms. The Morgan fingerprint density at radius 2 is 1.10 bits per heavy atom. The summed E-state index contributed by atoms with van der Waals surface area (Å²) in [5, 5.41) is 0. The van der Waals surface area contributed by atoms with Crippen molar-refractivity contribution in [2.45, 2.75) is 142 Å². The van der Waals surface area contributed by atoms with E-state index in [-0.39, 0.29) is 26.1 Å². The van der Waals surface area contributed by atoms with Crippen LogP contribution in [0.3, 0.4) is 0 Å². The summed E-state index contributed by atoms with van der Waals surface area (Å²) in [5.41, 5.74) is 0. The molecule has 2 atom stereocenters. The maximum atomic E-state index is 12.4. The summed E-state index contributed by atoms with van der Waals surface area (Å²) >= 11 is 0. The van der Waals surface area contributed by atoms with Crippen molar-refractivity contribution < 1.29 is 37.6 Å². The van der Waals surface area contributed by atoms with Gasteiger partial charge in [-0.1, -0.05) is 119 Å². The van der Waals surface area contributed by atoms with E-state index in [4.69, 9.17) is 18.5 Å². The Kier molecular flexibility index (Phi) is 32.6. The number of hydrogen-bond donors (Lipinski definition) is 1. The number of carbonyl (C=O) groups is 2. The van der Waals surface area contributed by atoms with E-state index in [0.29, 0.717) is 12.8 Å². The van der Waals surface area contributed by atoms with Crippen LogP contribution in [0.4, 0.5) is 0 Å². The van der Waals surface area contributed by atoms with Gasteiger partial charge in [0, 0.05) is 12.8 Å². The molecule has 274 valence electrons. The van der Waals surface area contributed by atoms with Crippen molar-refractivity contribution in [3.63, 3.8) is 0 Å². The molecule has 0 aliphatic rings. The van der Waals surface area contributed by atoms with Crippen molar-refractivity contribution in [1.29, 1.82) is 0 Å². The summed E-state index contributed by atoms with van der Waals surface area (Å²) in [7, 11) is -4.30. The van der Waals surface area contributed by atoms with Gasteiger partial charge in [0.05, 0.1) is 13.2 Å². The Labute approximate surface area is 292 Å². The third-order valence-electron chi connectivity index (χ3n) is 7.01. The lowest BCUT2D eigenvalue weighted by Crippen LogP contribution is -2.29. The fourth-order valence-electron chi connectivity index (χ4n) is 4.38. The second-order valence-electron chi connectivity index (χ2n) is 11.5. The number of phosphoric acid groups is 1. The first-order chi connectivity index (χ1) is 23.3. The largest absolute Gasteiger partial charge is 0.472 e. The summed E-state index contributed by atoms with van der Waals surface area (Å²) in [6, 6.07) is 0. The molecule has 0 heterocycles. The summed E-state index contributed by atoms with van der Waals surface area (Å²) in [5.74, 6) is -0.918. The second kappa shape index (κ2) is 34.4. The average molecular weight is 693 g/mol. The maximum absolute atomic E-state index is 12.4. The number of phosphoric ester groups is 1. The molecule has 0 aromatic heterocycles. The van der Waals surface area contributed by atoms with Gasteiger partial charge in [0.25, 0.3) is 0 Å². The Morgan fingerprint density at radius 1 is 0.583 bits per heavy atom. The van der Waals surface area contributed by atoms with Crippen LogP contribution in [0.1, 0.15) is 136 Å². The maximum Gasteiger partial charge on any atom is 0.472 e. The topological polar surface area (TPSA) is 108 Å². The molecule has 0 fully saturated rings. The molecule has 0 saturated carbocycles. The van der Waals surface area contributed by atoms with Gasteiger partial charge >= 0.3 is 19.8 Å². The number of hydrogen-bond acceptors (Lipinski definition) is 7. The van der Waals surface area contributed by atoms with Crippen LogP contribution >= 0.6 is 7.82 Å². The van der Waals surface area contributed by atoms with Crippen molar-refractivity contribution in [3.8, 4) is 0 Å². The van der Waals surface area contributed by atoms with Crippen LogP contribution in [-0.4, -0.2) is 42.8 Å². The van der Waals surface area contributed by atoms with Crippen molar-refractivity contribution >= 4 is 19.8 Å². The first kappa shape index (κ1) is 45.5. The van der Waals surface area contributed by atoms with Gasteiger partial charge in [-0.15, -0.1) is 0 Å². The van der Waals surface area contributed by atoms with Crippen molar-refractivity contribution in [1.82, 2.24) is 0 Å². The van der Waals surface area contributed by atoms with Gasteiger partial charge in [0.2, 0.25) is 0 Å². The lowest BCUT2D eigenvalue weighted by Gasteiger charge is -2.19. The Bertz CT molecular complexity index is 1010. The first-order valence-electron chi connectivity index (χ1n) is 18.2.